The summed E-state index contributed by atoms with van der Waals surface area (Å²) in [5.74, 6) is 1.36. The number of piperidine rings is 1. The van der Waals surface area contributed by atoms with E-state index in [2.05, 4.69) is 11.8 Å². The largest absolute Gasteiger partial charge is 0.387 e. The highest BCUT2D eigenvalue weighted by molar-refractivity contribution is 5.83. The maximum Gasteiger partial charge on any atom is 0.0966 e. The van der Waals surface area contributed by atoms with Crippen LogP contribution in [0.15, 0.2) is 0 Å². The molecule has 1 saturated carbocycles. The lowest BCUT2D eigenvalue weighted by Gasteiger charge is -2.38. The zero-order valence-electron chi connectivity index (χ0n) is 9.05. The van der Waals surface area contributed by atoms with Crippen molar-refractivity contribution in [1.29, 1.82) is 5.41 Å². The fourth-order valence-electron chi connectivity index (χ4n) is 2.16. The Labute approximate surface area is 86.2 Å². The van der Waals surface area contributed by atoms with Gasteiger partial charge in [-0.2, -0.15) is 0 Å². The van der Waals surface area contributed by atoms with Crippen LogP contribution in [0.5, 0.6) is 0 Å². The van der Waals surface area contributed by atoms with Gasteiger partial charge in [-0.25, -0.2) is 0 Å². The van der Waals surface area contributed by atoms with E-state index in [1.54, 1.807) is 0 Å². The van der Waals surface area contributed by atoms with Crippen LogP contribution in [0, 0.1) is 16.7 Å². The minimum Gasteiger partial charge on any atom is -0.387 e. The zero-order chi connectivity index (χ0) is 10.2. The lowest BCUT2D eigenvalue weighted by molar-refractivity contribution is 0.157. The van der Waals surface area contributed by atoms with Crippen LogP contribution in [0.2, 0.25) is 0 Å². The quantitative estimate of drug-likeness (QED) is 0.529. The van der Waals surface area contributed by atoms with Gasteiger partial charge in [-0.1, -0.05) is 6.92 Å². The van der Waals surface area contributed by atoms with Gasteiger partial charge in [0.15, 0.2) is 0 Å². The molecule has 0 atom stereocenters. The number of amidine groups is 1. The fourth-order valence-corrected chi connectivity index (χ4v) is 2.16. The van der Waals surface area contributed by atoms with Gasteiger partial charge < -0.3 is 10.6 Å². The van der Waals surface area contributed by atoms with Crippen LogP contribution in [-0.4, -0.2) is 30.4 Å². The third-order valence-electron chi connectivity index (χ3n) is 3.82. The van der Waals surface area contributed by atoms with Crippen LogP contribution in [0.4, 0.5) is 0 Å². The molecule has 2 rings (SSSR count). The molecule has 80 valence electrons. The van der Waals surface area contributed by atoms with Crippen molar-refractivity contribution < 1.29 is 0 Å². The van der Waals surface area contributed by atoms with E-state index in [0.717, 1.165) is 31.8 Å². The Hall–Kier alpha value is -0.570. The van der Waals surface area contributed by atoms with E-state index >= 15 is 0 Å². The standard InChI is InChI=1S/C11H21N3/c1-11(10(12)13)4-6-14(7-5-11)8-9-2-3-9/h9H,2-8H2,1H3,(H3,12,13). The summed E-state index contributed by atoms with van der Waals surface area (Å²) in [5, 5.41) is 7.56. The summed E-state index contributed by atoms with van der Waals surface area (Å²) in [6, 6.07) is 0. The monoisotopic (exact) mass is 195 g/mol. The van der Waals surface area contributed by atoms with Crippen molar-refractivity contribution in [2.75, 3.05) is 19.6 Å². The second-order valence-corrected chi connectivity index (χ2v) is 5.22. The predicted molar refractivity (Wildman–Crippen MR) is 58.4 cm³/mol. The summed E-state index contributed by atoms with van der Waals surface area (Å²) in [7, 11) is 0. The van der Waals surface area contributed by atoms with E-state index in [9.17, 15) is 0 Å². The zero-order valence-corrected chi connectivity index (χ0v) is 9.05. The number of likely N-dealkylation sites (tertiary alicyclic amines) is 1. The Morgan fingerprint density at radius 2 is 2.00 bits per heavy atom. The normalized spacial score (nSPS) is 27.5. The molecule has 0 aromatic rings. The molecule has 2 aliphatic rings. The molecule has 2 fully saturated rings. The first-order valence-corrected chi connectivity index (χ1v) is 5.67. The maximum atomic E-state index is 7.56. The molecule has 1 aliphatic heterocycles. The van der Waals surface area contributed by atoms with Gasteiger partial charge in [-0.3, -0.25) is 5.41 Å². The molecule has 1 heterocycles. The van der Waals surface area contributed by atoms with Crippen molar-refractivity contribution in [3.63, 3.8) is 0 Å². The van der Waals surface area contributed by atoms with Crippen LogP contribution >= 0.6 is 0 Å². The molecule has 0 bridgehead atoms. The second kappa shape index (κ2) is 3.54. The van der Waals surface area contributed by atoms with E-state index in [1.165, 1.54) is 19.4 Å². The molecule has 1 saturated heterocycles. The summed E-state index contributed by atoms with van der Waals surface area (Å²) in [6.07, 6.45) is 4.99. The van der Waals surface area contributed by atoms with Crippen molar-refractivity contribution in [3.05, 3.63) is 0 Å². The first kappa shape index (κ1) is 9.97. The molecular weight excluding hydrogens is 174 g/mol. The van der Waals surface area contributed by atoms with Crippen molar-refractivity contribution in [3.8, 4) is 0 Å². The average molecular weight is 195 g/mol. The summed E-state index contributed by atoms with van der Waals surface area (Å²) < 4.78 is 0. The molecule has 0 aromatic heterocycles. The Balaban J connectivity index is 1.81. The summed E-state index contributed by atoms with van der Waals surface area (Å²) in [4.78, 5) is 2.54. The summed E-state index contributed by atoms with van der Waals surface area (Å²) >= 11 is 0. The molecule has 0 radical (unpaired) electrons. The summed E-state index contributed by atoms with van der Waals surface area (Å²) in [5.41, 5.74) is 5.61. The Bertz CT molecular complexity index is 225. The van der Waals surface area contributed by atoms with Gasteiger partial charge in [0.05, 0.1) is 5.84 Å². The number of nitrogens with two attached hydrogens (primary N) is 1. The summed E-state index contributed by atoms with van der Waals surface area (Å²) in [6.45, 7) is 5.68. The molecule has 3 nitrogen and oxygen atoms in total. The van der Waals surface area contributed by atoms with Gasteiger partial charge >= 0.3 is 0 Å². The molecule has 0 aromatic carbocycles. The van der Waals surface area contributed by atoms with E-state index in [0.29, 0.717) is 5.84 Å². The van der Waals surface area contributed by atoms with Crippen molar-refractivity contribution in [2.24, 2.45) is 17.1 Å². The van der Waals surface area contributed by atoms with Gasteiger partial charge in [0.25, 0.3) is 0 Å². The molecule has 0 amide bonds. The Morgan fingerprint density at radius 1 is 1.43 bits per heavy atom. The Kier molecular flexibility index (Phi) is 2.52. The minimum atomic E-state index is -0.0138. The molecule has 3 heteroatoms. The van der Waals surface area contributed by atoms with Gasteiger partial charge in [-0.05, 0) is 44.7 Å². The van der Waals surface area contributed by atoms with E-state index in [-0.39, 0.29) is 5.41 Å². The van der Waals surface area contributed by atoms with Crippen LogP contribution in [0.3, 0.4) is 0 Å². The number of hydrogen-bond donors (Lipinski definition) is 2. The highest BCUT2D eigenvalue weighted by Gasteiger charge is 2.34. The highest BCUT2D eigenvalue weighted by atomic mass is 15.1. The molecule has 0 spiro atoms. The smallest absolute Gasteiger partial charge is 0.0966 e. The topological polar surface area (TPSA) is 53.1 Å². The van der Waals surface area contributed by atoms with Crippen LogP contribution in [0.1, 0.15) is 32.6 Å². The van der Waals surface area contributed by atoms with E-state index in [4.69, 9.17) is 11.1 Å². The van der Waals surface area contributed by atoms with Gasteiger partial charge in [0.1, 0.15) is 0 Å². The first-order chi connectivity index (χ1) is 6.60. The van der Waals surface area contributed by atoms with Crippen molar-refractivity contribution >= 4 is 5.84 Å². The SMILES string of the molecule is CC1(C(=N)N)CCN(CC2CC2)CC1. The van der Waals surface area contributed by atoms with Crippen molar-refractivity contribution in [1.82, 2.24) is 4.90 Å². The van der Waals surface area contributed by atoms with E-state index in [1.807, 2.05) is 0 Å². The third-order valence-corrected chi connectivity index (χ3v) is 3.82. The maximum absolute atomic E-state index is 7.56. The number of rotatable bonds is 3. The Morgan fingerprint density at radius 3 is 2.43 bits per heavy atom. The van der Waals surface area contributed by atoms with Crippen molar-refractivity contribution in [2.45, 2.75) is 32.6 Å². The third kappa shape index (κ3) is 2.08. The molecule has 0 unspecified atom stereocenters. The lowest BCUT2D eigenvalue weighted by Crippen LogP contribution is -2.45. The number of nitrogens with one attached hydrogen (secondary N) is 1. The molecule has 3 N–H and O–H groups in total. The first-order valence-electron chi connectivity index (χ1n) is 5.67. The lowest BCUT2D eigenvalue weighted by atomic mass is 9.79. The highest BCUT2D eigenvalue weighted by Crippen LogP contribution is 2.34. The predicted octanol–water partition coefficient (Wildman–Crippen LogP) is 1.43. The minimum absolute atomic E-state index is 0.0138. The molecule has 1 aliphatic carbocycles. The molecular formula is C11H21N3. The van der Waals surface area contributed by atoms with Crippen LogP contribution in [0.25, 0.3) is 0 Å². The number of nitrogens with zero attached hydrogens (tertiary/aromatic N) is 1. The van der Waals surface area contributed by atoms with Crippen LogP contribution < -0.4 is 5.73 Å². The van der Waals surface area contributed by atoms with Gasteiger partial charge in [-0.15, -0.1) is 0 Å². The second-order valence-electron chi connectivity index (χ2n) is 5.22. The fraction of sp³-hybridized carbons (Fsp3) is 0.909. The van der Waals surface area contributed by atoms with Gasteiger partial charge in [0.2, 0.25) is 0 Å². The molecule has 14 heavy (non-hydrogen) atoms. The average Bonchev–Trinajstić information content (AvgIpc) is 2.93. The van der Waals surface area contributed by atoms with Crippen LogP contribution in [-0.2, 0) is 0 Å². The number of hydrogen-bond acceptors (Lipinski definition) is 2. The van der Waals surface area contributed by atoms with Gasteiger partial charge in [0, 0.05) is 12.0 Å². The van der Waals surface area contributed by atoms with E-state index < -0.39 is 0 Å².